The number of nitrogens with zero attached hydrogens (tertiary/aromatic N) is 2. The monoisotopic (exact) mass is 296 g/mol. The molecule has 0 bridgehead atoms. The van der Waals surface area contributed by atoms with Crippen molar-refractivity contribution in [2.45, 2.75) is 0 Å². The molecule has 8 heteroatoms. The fourth-order valence-corrected chi connectivity index (χ4v) is 2.40. The lowest BCUT2D eigenvalue weighted by Gasteiger charge is -2.04. The molecule has 0 aliphatic heterocycles. The molecule has 1 N–H and O–H groups in total. The molecule has 0 spiro atoms. The SMILES string of the molecule is O=C(O)c1c(Oc2ccc(F)cc2F)nc2sccn12. The van der Waals surface area contributed by atoms with Crippen LogP contribution in [0.4, 0.5) is 8.78 Å². The molecule has 0 aliphatic carbocycles. The summed E-state index contributed by atoms with van der Waals surface area (Å²) in [5, 5.41) is 10.8. The van der Waals surface area contributed by atoms with Gasteiger partial charge in [0.05, 0.1) is 0 Å². The summed E-state index contributed by atoms with van der Waals surface area (Å²) < 4.78 is 32.8. The van der Waals surface area contributed by atoms with E-state index in [0.29, 0.717) is 11.0 Å². The first-order chi connectivity index (χ1) is 9.56. The molecule has 20 heavy (non-hydrogen) atoms. The van der Waals surface area contributed by atoms with E-state index >= 15 is 0 Å². The predicted octanol–water partition coefficient (Wildman–Crippen LogP) is 3.16. The number of benzene rings is 1. The van der Waals surface area contributed by atoms with E-state index in [1.54, 1.807) is 5.38 Å². The quantitative estimate of drug-likeness (QED) is 0.806. The fraction of sp³-hybridized carbons (Fsp3) is 0. The van der Waals surface area contributed by atoms with Gasteiger partial charge in [0.25, 0.3) is 5.88 Å². The van der Waals surface area contributed by atoms with Gasteiger partial charge < -0.3 is 9.84 Å². The number of aromatic carboxylic acids is 1. The van der Waals surface area contributed by atoms with E-state index in [-0.39, 0.29) is 17.3 Å². The Hall–Kier alpha value is -2.48. The van der Waals surface area contributed by atoms with Gasteiger partial charge in [0, 0.05) is 17.6 Å². The summed E-state index contributed by atoms with van der Waals surface area (Å²) in [4.78, 5) is 15.6. The lowest BCUT2D eigenvalue weighted by Crippen LogP contribution is -2.03. The molecular formula is C12H6F2N2O3S. The molecule has 1 aromatic carbocycles. The summed E-state index contributed by atoms with van der Waals surface area (Å²) in [5.74, 6) is -3.47. The molecule has 3 rings (SSSR count). The molecule has 0 fully saturated rings. The Labute approximate surface area is 114 Å². The summed E-state index contributed by atoms with van der Waals surface area (Å²) in [6.07, 6.45) is 1.52. The first-order valence-electron chi connectivity index (χ1n) is 5.38. The standard InChI is InChI=1S/C12H6F2N2O3S/c13-6-1-2-8(7(14)5-6)19-10-9(11(17)18)16-3-4-20-12(16)15-10/h1-5H,(H,17,18). The third kappa shape index (κ3) is 1.99. The number of hydrogen-bond acceptors (Lipinski definition) is 4. The highest BCUT2D eigenvalue weighted by atomic mass is 32.1. The molecule has 0 amide bonds. The highest BCUT2D eigenvalue weighted by Gasteiger charge is 2.22. The van der Waals surface area contributed by atoms with Crippen molar-refractivity contribution in [3.8, 4) is 11.6 Å². The summed E-state index contributed by atoms with van der Waals surface area (Å²) in [7, 11) is 0. The van der Waals surface area contributed by atoms with E-state index in [1.165, 1.54) is 21.9 Å². The molecule has 0 saturated carbocycles. The van der Waals surface area contributed by atoms with E-state index in [9.17, 15) is 18.7 Å². The molecule has 2 aromatic heterocycles. The second-order valence-electron chi connectivity index (χ2n) is 3.80. The highest BCUT2D eigenvalue weighted by Crippen LogP contribution is 2.29. The highest BCUT2D eigenvalue weighted by molar-refractivity contribution is 7.15. The van der Waals surface area contributed by atoms with Crippen molar-refractivity contribution in [1.82, 2.24) is 9.38 Å². The minimum atomic E-state index is -1.26. The van der Waals surface area contributed by atoms with E-state index in [4.69, 9.17) is 4.74 Å². The summed E-state index contributed by atoms with van der Waals surface area (Å²) >= 11 is 1.21. The molecule has 2 heterocycles. The number of ether oxygens (including phenoxy) is 1. The molecule has 3 aromatic rings. The van der Waals surface area contributed by atoms with Crippen LogP contribution in [-0.2, 0) is 0 Å². The zero-order valence-corrected chi connectivity index (χ0v) is 10.5. The van der Waals surface area contributed by atoms with Gasteiger partial charge in [-0.2, -0.15) is 4.98 Å². The van der Waals surface area contributed by atoms with Crippen LogP contribution in [0.3, 0.4) is 0 Å². The van der Waals surface area contributed by atoms with Crippen LogP contribution in [0.25, 0.3) is 4.96 Å². The van der Waals surface area contributed by atoms with Crippen LogP contribution in [-0.4, -0.2) is 20.5 Å². The summed E-state index contributed by atoms with van der Waals surface area (Å²) in [5.41, 5.74) is -0.218. The van der Waals surface area contributed by atoms with Crippen molar-refractivity contribution in [2.75, 3.05) is 0 Å². The Bertz CT molecular complexity index is 812. The minimum Gasteiger partial charge on any atom is -0.476 e. The van der Waals surface area contributed by atoms with E-state index in [1.807, 2.05) is 0 Å². The van der Waals surface area contributed by atoms with Crippen LogP contribution >= 0.6 is 11.3 Å². The minimum absolute atomic E-state index is 0.218. The number of rotatable bonds is 3. The van der Waals surface area contributed by atoms with Crippen molar-refractivity contribution >= 4 is 22.3 Å². The topological polar surface area (TPSA) is 63.8 Å². The molecule has 0 aliphatic rings. The largest absolute Gasteiger partial charge is 0.476 e. The van der Waals surface area contributed by atoms with E-state index < -0.39 is 17.6 Å². The molecule has 0 unspecified atom stereocenters. The van der Waals surface area contributed by atoms with Gasteiger partial charge in [-0.25, -0.2) is 13.6 Å². The van der Waals surface area contributed by atoms with Gasteiger partial charge in [-0.1, -0.05) is 0 Å². The lowest BCUT2D eigenvalue weighted by molar-refractivity contribution is 0.0686. The lowest BCUT2D eigenvalue weighted by atomic mass is 10.3. The van der Waals surface area contributed by atoms with Gasteiger partial charge in [0.2, 0.25) is 0 Å². The van der Waals surface area contributed by atoms with Crippen molar-refractivity contribution in [1.29, 1.82) is 0 Å². The average Bonchev–Trinajstić information content (AvgIpc) is 2.91. The van der Waals surface area contributed by atoms with Crippen LogP contribution in [0.5, 0.6) is 11.6 Å². The number of carbonyl (C=O) groups is 1. The summed E-state index contributed by atoms with van der Waals surface area (Å²) in [6.45, 7) is 0. The van der Waals surface area contributed by atoms with Gasteiger partial charge >= 0.3 is 5.97 Å². The molecule has 0 saturated heterocycles. The zero-order valence-electron chi connectivity index (χ0n) is 9.71. The Morgan fingerprint density at radius 2 is 2.20 bits per heavy atom. The Morgan fingerprint density at radius 3 is 2.90 bits per heavy atom. The Balaban J connectivity index is 2.08. The maximum Gasteiger partial charge on any atom is 0.358 e. The van der Waals surface area contributed by atoms with Crippen LogP contribution in [0.2, 0.25) is 0 Å². The van der Waals surface area contributed by atoms with Gasteiger partial charge in [0.1, 0.15) is 5.82 Å². The number of halogens is 2. The van der Waals surface area contributed by atoms with Gasteiger partial charge in [-0.15, -0.1) is 11.3 Å². The van der Waals surface area contributed by atoms with Crippen molar-refractivity contribution in [3.05, 3.63) is 47.1 Å². The molecule has 102 valence electrons. The number of aromatic nitrogens is 2. The summed E-state index contributed by atoms with van der Waals surface area (Å²) in [6, 6.07) is 2.73. The van der Waals surface area contributed by atoms with Gasteiger partial charge in [-0.3, -0.25) is 4.40 Å². The molecule has 5 nitrogen and oxygen atoms in total. The maximum absolute atomic E-state index is 13.5. The smallest absolute Gasteiger partial charge is 0.358 e. The van der Waals surface area contributed by atoms with Crippen LogP contribution in [0.15, 0.2) is 29.8 Å². The Kier molecular flexibility index (Phi) is 2.87. The van der Waals surface area contributed by atoms with Crippen LogP contribution < -0.4 is 4.74 Å². The second-order valence-corrected chi connectivity index (χ2v) is 4.68. The number of thiazole rings is 1. The molecule has 0 radical (unpaired) electrons. The number of carboxylic acid groups (broad SMARTS) is 1. The van der Waals surface area contributed by atoms with E-state index in [2.05, 4.69) is 4.98 Å². The normalized spacial score (nSPS) is 10.9. The van der Waals surface area contributed by atoms with Gasteiger partial charge in [-0.05, 0) is 12.1 Å². The van der Waals surface area contributed by atoms with Crippen molar-refractivity contribution < 1.29 is 23.4 Å². The Morgan fingerprint density at radius 1 is 1.40 bits per heavy atom. The number of hydrogen-bond donors (Lipinski definition) is 1. The second kappa shape index (κ2) is 4.57. The average molecular weight is 296 g/mol. The van der Waals surface area contributed by atoms with Crippen LogP contribution in [0, 0.1) is 11.6 Å². The third-order valence-corrected chi connectivity index (χ3v) is 3.29. The van der Waals surface area contributed by atoms with E-state index in [0.717, 1.165) is 12.1 Å². The molecule has 0 atom stereocenters. The molecular weight excluding hydrogens is 290 g/mol. The number of imidazole rings is 1. The van der Waals surface area contributed by atoms with Crippen LogP contribution in [0.1, 0.15) is 10.5 Å². The van der Waals surface area contributed by atoms with Gasteiger partial charge in [0.15, 0.2) is 22.2 Å². The first kappa shape index (κ1) is 12.5. The van der Waals surface area contributed by atoms with Crippen molar-refractivity contribution in [2.24, 2.45) is 0 Å². The number of carboxylic acids is 1. The fourth-order valence-electron chi connectivity index (χ4n) is 1.69. The van der Waals surface area contributed by atoms with Crippen molar-refractivity contribution in [3.63, 3.8) is 0 Å². The third-order valence-electron chi connectivity index (χ3n) is 2.53. The zero-order chi connectivity index (χ0) is 14.3. The maximum atomic E-state index is 13.5. The number of fused-ring (bicyclic) bond motifs is 1. The predicted molar refractivity (Wildman–Crippen MR) is 66.5 cm³/mol. The first-order valence-corrected chi connectivity index (χ1v) is 6.26.